The number of fused-ring (bicyclic) bond motifs is 1. The maximum Gasteiger partial charge on any atom is 0.191 e. The number of para-hydroxylation sites is 1. The molecular weight excluding hydrogens is 429 g/mol. The fourth-order valence-corrected chi connectivity index (χ4v) is 2.97. The number of hydrogen-bond donors (Lipinski definition) is 2. The van der Waals surface area contributed by atoms with Crippen LogP contribution >= 0.6 is 24.0 Å². The average Bonchev–Trinajstić information content (AvgIpc) is 2.93. The van der Waals surface area contributed by atoms with Gasteiger partial charge in [-0.25, -0.2) is 8.42 Å². The Balaban J connectivity index is 0.00000264. The van der Waals surface area contributed by atoms with Crippen molar-refractivity contribution in [2.24, 2.45) is 4.99 Å². The van der Waals surface area contributed by atoms with Crippen LogP contribution in [0.2, 0.25) is 0 Å². The van der Waals surface area contributed by atoms with E-state index in [2.05, 4.69) is 21.7 Å². The lowest BCUT2D eigenvalue weighted by Gasteiger charge is -2.15. The van der Waals surface area contributed by atoms with Crippen molar-refractivity contribution >= 4 is 39.8 Å². The van der Waals surface area contributed by atoms with Crippen LogP contribution in [-0.2, 0) is 16.3 Å². The number of hydrogen-bond acceptors (Lipinski definition) is 4. The SMILES string of the molecule is CCS(=O)(=O)CCNC(=NC)NCC1Cc2ccccc2O1.I. The van der Waals surface area contributed by atoms with Crippen LogP contribution in [0.3, 0.4) is 0 Å². The Morgan fingerprint density at radius 2 is 2.09 bits per heavy atom. The molecule has 0 aliphatic carbocycles. The van der Waals surface area contributed by atoms with Gasteiger partial charge in [-0.05, 0) is 11.6 Å². The standard InChI is InChI=1S/C15H23N3O3S.HI/c1-3-22(19,20)9-8-17-15(16-2)18-11-13-10-12-6-4-5-7-14(12)21-13;/h4-7,13H,3,8-11H2,1-2H3,(H2,16,17,18);1H. The number of halogens is 1. The molecule has 0 bridgehead atoms. The fraction of sp³-hybridized carbons (Fsp3) is 0.533. The van der Waals surface area contributed by atoms with E-state index in [1.165, 1.54) is 5.56 Å². The van der Waals surface area contributed by atoms with Crippen LogP contribution in [0.1, 0.15) is 12.5 Å². The van der Waals surface area contributed by atoms with Gasteiger partial charge < -0.3 is 15.4 Å². The summed E-state index contributed by atoms with van der Waals surface area (Å²) in [7, 11) is -1.30. The first-order valence-electron chi connectivity index (χ1n) is 7.43. The first-order valence-corrected chi connectivity index (χ1v) is 9.25. The van der Waals surface area contributed by atoms with Crippen molar-refractivity contribution in [3.8, 4) is 5.75 Å². The van der Waals surface area contributed by atoms with Crippen molar-refractivity contribution in [1.82, 2.24) is 10.6 Å². The molecule has 1 aromatic rings. The van der Waals surface area contributed by atoms with E-state index < -0.39 is 9.84 Å². The molecule has 0 saturated carbocycles. The maximum absolute atomic E-state index is 11.4. The van der Waals surface area contributed by atoms with Gasteiger partial charge in [0.1, 0.15) is 11.9 Å². The Morgan fingerprint density at radius 3 is 2.74 bits per heavy atom. The molecule has 0 spiro atoms. The number of ether oxygens (including phenoxy) is 1. The Morgan fingerprint density at radius 1 is 1.35 bits per heavy atom. The van der Waals surface area contributed by atoms with Gasteiger partial charge in [-0.1, -0.05) is 25.1 Å². The van der Waals surface area contributed by atoms with Crippen molar-refractivity contribution in [2.75, 3.05) is 31.6 Å². The third kappa shape index (κ3) is 6.17. The number of nitrogens with one attached hydrogen (secondary N) is 2. The second-order valence-corrected chi connectivity index (χ2v) is 7.64. The Bertz CT molecular complexity index is 610. The van der Waals surface area contributed by atoms with E-state index in [0.29, 0.717) is 19.0 Å². The first kappa shape index (κ1) is 20.0. The molecule has 2 N–H and O–H groups in total. The Hall–Kier alpha value is -1.03. The summed E-state index contributed by atoms with van der Waals surface area (Å²) in [5.74, 6) is 1.79. The molecule has 1 unspecified atom stereocenters. The topological polar surface area (TPSA) is 79.8 Å². The molecule has 2 rings (SSSR count). The van der Waals surface area contributed by atoms with E-state index in [0.717, 1.165) is 12.2 Å². The largest absolute Gasteiger partial charge is 0.488 e. The molecule has 1 atom stereocenters. The molecule has 130 valence electrons. The zero-order valence-electron chi connectivity index (χ0n) is 13.4. The summed E-state index contributed by atoms with van der Waals surface area (Å²) in [6, 6.07) is 8.01. The molecular formula is C15H24IN3O3S. The third-order valence-corrected chi connectivity index (χ3v) is 5.29. The highest BCUT2D eigenvalue weighted by Gasteiger charge is 2.22. The molecule has 8 heteroatoms. The molecule has 0 fully saturated rings. The summed E-state index contributed by atoms with van der Waals surface area (Å²) in [6.07, 6.45) is 0.931. The summed E-state index contributed by atoms with van der Waals surface area (Å²) >= 11 is 0. The zero-order chi connectivity index (χ0) is 16.0. The summed E-state index contributed by atoms with van der Waals surface area (Å²) < 4.78 is 28.7. The normalized spacial score (nSPS) is 17.0. The minimum Gasteiger partial charge on any atom is -0.488 e. The highest BCUT2D eigenvalue weighted by atomic mass is 127. The molecule has 0 radical (unpaired) electrons. The van der Waals surface area contributed by atoms with E-state index >= 15 is 0 Å². The van der Waals surface area contributed by atoms with Gasteiger partial charge in [0.15, 0.2) is 15.8 Å². The van der Waals surface area contributed by atoms with Crippen molar-refractivity contribution < 1.29 is 13.2 Å². The van der Waals surface area contributed by atoms with Gasteiger partial charge in [0.05, 0.1) is 12.3 Å². The van der Waals surface area contributed by atoms with Gasteiger partial charge in [0.2, 0.25) is 0 Å². The van der Waals surface area contributed by atoms with Gasteiger partial charge >= 0.3 is 0 Å². The van der Waals surface area contributed by atoms with Crippen LogP contribution in [0.5, 0.6) is 5.75 Å². The Labute approximate surface area is 155 Å². The van der Waals surface area contributed by atoms with Crippen LogP contribution in [0.4, 0.5) is 0 Å². The lowest BCUT2D eigenvalue weighted by Crippen LogP contribution is -2.43. The second kappa shape index (κ2) is 9.31. The number of rotatable bonds is 6. The fourth-order valence-electron chi connectivity index (χ4n) is 2.27. The van der Waals surface area contributed by atoms with E-state index in [1.807, 2.05) is 18.2 Å². The number of guanidine groups is 1. The van der Waals surface area contributed by atoms with Gasteiger partial charge in [-0.3, -0.25) is 4.99 Å². The smallest absolute Gasteiger partial charge is 0.191 e. The van der Waals surface area contributed by atoms with Crippen LogP contribution in [0, 0.1) is 0 Å². The lowest BCUT2D eigenvalue weighted by atomic mass is 10.1. The monoisotopic (exact) mass is 453 g/mol. The molecule has 23 heavy (non-hydrogen) atoms. The number of sulfone groups is 1. The van der Waals surface area contributed by atoms with Crippen molar-refractivity contribution in [3.05, 3.63) is 29.8 Å². The molecule has 1 aliphatic heterocycles. The predicted molar refractivity (Wildman–Crippen MR) is 104 cm³/mol. The zero-order valence-corrected chi connectivity index (χ0v) is 16.6. The minimum absolute atomic E-state index is 0. The molecule has 0 aromatic heterocycles. The quantitative estimate of drug-likeness (QED) is 0.385. The summed E-state index contributed by atoms with van der Waals surface area (Å²) in [5, 5.41) is 6.18. The second-order valence-electron chi connectivity index (χ2n) is 5.17. The lowest BCUT2D eigenvalue weighted by molar-refractivity contribution is 0.235. The number of aliphatic imine (C=N–C) groups is 1. The van der Waals surface area contributed by atoms with Crippen LogP contribution in [0.15, 0.2) is 29.3 Å². The van der Waals surface area contributed by atoms with E-state index in [9.17, 15) is 8.42 Å². The molecule has 1 aliphatic rings. The van der Waals surface area contributed by atoms with Crippen LogP contribution in [0.25, 0.3) is 0 Å². The van der Waals surface area contributed by atoms with Crippen LogP contribution < -0.4 is 15.4 Å². The van der Waals surface area contributed by atoms with E-state index in [-0.39, 0.29) is 41.6 Å². The number of benzene rings is 1. The first-order chi connectivity index (χ1) is 10.5. The molecule has 1 heterocycles. The third-order valence-electron chi connectivity index (χ3n) is 3.58. The molecule has 0 amide bonds. The van der Waals surface area contributed by atoms with E-state index in [4.69, 9.17) is 4.74 Å². The number of nitrogens with zero attached hydrogens (tertiary/aromatic N) is 1. The van der Waals surface area contributed by atoms with Crippen molar-refractivity contribution in [1.29, 1.82) is 0 Å². The Kier molecular flexibility index (Phi) is 8.10. The summed E-state index contributed by atoms with van der Waals surface area (Å²) in [6.45, 7) is 2.62. The van der Waals surface area contributed by atoms with Crippen molar-refractivity contribution in [2.45, 2.75) is 19.4 Å². The van der Waals surface area contributed by atoms with Gasteiger partial charge in [-0.15, -0.1) is 24.0 Å². The predicted octanol–water partition coefficient (Wildman–Crippen LogP) is 1.21. The molecule has 6 nitrogen and oxygen atoms in total. The van der Waals surface area contributed by atoms with Gasteiger partial charge in [0, 0.05) is 25.8 Å². The van der Waals surface area contributed by atoms with Gasteiger partial charge in [-0.2, -0.15) is 0 Å². The van der Waals surface area contributed by atoms with Crippen LogP contribution in [-0.4, -0.2) is 52.1 Å². The van der Waals surface area contributed by atoms with Gasteiger partial charge in [0.25, 0.3) is 0 Å². The highest BCUT2D eigenvalue weighted by molar-refractivity contribution is 14.0. The van der Waals surface area contributed by atoms with E-state index in [1.54, 1.807) is 14.0 Å². The molecule has 1 aromatic carbocycles. The summed E-state index contributed by atoms with van der Waals surface area (Å²) in [4.78, 5) is 4.09. The summed E-state index contributed by atoms with van der Waals surface area (Å²) in [5.41, 5.74) is 1.21. The average molecular weight is 453 g/mol. The minimum atomic E-state index is -2.96. The molecule has 0 saturated heterocycles. The highest BCUT2D eigenvalue weighted by Crippen LogP contribution is 2.27. The van der Waals surface area contributed by atoms with Crippen molar-refractivity contribution in [3.63, 3.8) is 0 Å². The maximum atomic E-state index is 11.4.